The van der Waals surface area contributed by atoms with Crippen LogP contribution in [0.4, 0.5) is 8.78 Å². The lowest BCUT2D eigenvalue weighted by atomic mass is 9.80. The molecule has 2 aliphatic heterocycles. The lowest BCUT2D eigenvalue weighted by molar-refractivity contribution is -0.0570. The Morgan fingerprint density at radius 3 is 2.07 bits per heavy atom. The maximum atomic E-state index is 13.2. The minimum Gasteiger partial charge on any atom is -0.385 e. The predicted molar refractivity (Wildman–Crippen MR) is 103 cm³/mol. The van der Waals surface area contributed by atoms with Crippen molar-refractivity contribution in [2.45, 2.75) is 56.2 Å². The molecule has 0 amide bonds. The number of carbonyl (C=O) groups is 1. The van der Waals surface area contributed by atoms with Crippen LogP contribution in [0.15, 0.2) is 48.5 Å². The third-order valence-electron chi connectivity index (χ3n) is 6.29. The minimum atomic E-state index is -0.903. The molecule has 2 aliphatic rings. The summed E-state index contributed by atoms with van der Waals surface area (Å²) in [6, 6.07) is 12.5. The summed E-state index contributed by atoms with van der Waals surface area (Å²) >= 11 is 0. The zero-order valence-electron chi connectivity index (χ0n) is 15.8. The van der Waals surface area contributed by atoms with Crippen molar-refractivity contribution in [3.63, 3.8) is 0 Å². The van der Waals surface area contributed by atoms with Gasteiger partial charge in [0.2, 0.25) is 0 Å². The Morgan fingerprint density at radius 1 is 0.964 bits per heavy atom. The van der Waals surface area contributed by atoms with Gasteiger partial charge in [0.1, 0.15) is 11.6 Å². The number of rotatable bonds is 6. The number of ketones is 1. The van der Waals surface area contributed by atoms with E-state index in [1.807, 2.05) is 0 Å². The summed E-state index contributed by atoms with van der Waals surface area (Å²) in [5.74, 6) is -0.596. The Hall–Kier alpha value is -2.11. The van der Waals surface area contributed by atoms with Gasteiger partial charge in [-0.15, -0.1) is 0 Å². The van der Waals surface area contributed by atoms with Crippen molar-refractivity contribution < 1.29 is 18.7 Å². The molecule has 0 aliphatic carbocycles. The first-order valence-electron chi connectivity index (χ1n) is 9.97. The molecule has 3 nitrogen and oxygen atoms in total. The molecule has 2 heterocycles. The van der Waals surface area contributed by atoms with E-state index in [-0.39, 0.29) is 29.5 Å². The Morgan fingerprint density at radius 2 is 1.50 bits per heavy atom. The largest absolute Gasteiger partial charge is 0.385 e. The molecule has 2 unspecified atom stereocenters. The van der Waals surface area contributed by atoms with E-state index in [4.69, 9.17) is 0 Å². The third-order valence-corrected chi connectivity index (χ3v) is 6.29. The van der Waals surface area contributed by atoms with Crippen LogP contribution in [0.2, 0.25) is 0 Å². The Bertz CT molecular complexity index is 821. The highest BCUT2D eigenvalue weighted by Gasteiger charge is 2.47. The van der Waals surface area contributed by atoms with Crippen LogP contribution in [0.5, 0.6) is 0 Å². The van der Waals surface area contributed by atoms with Gasteiger partial charge in [-0.25, -0.2) is 8.78 Å². The van der Waals surface area contributed by atoms with Gasteiger partial charge in [-0.05, 0) is 80.6 Å². The molecule has 148 valence electrons. The molecule has 2 aromatic carbocycles. The fourth-order valence-electron chi connectivity index (χ4n) is 4.88. The highest BCUT2D eigenvalue weighted by Crippen LogP contribution is 2.45. The van der Waals surface area contributed by atoms with E-state index in [0.29, 0.717) is 24.8 Å². The van der Waals surface area contributed by atoms with Gasteiger partial charge in [0.05, 0.1) is 5.60 Å². The second kappa shape index (κ2) is 7.72. The van der Waals surface area contributed by atoms with E-state index in [2.05, 4.69) is 4.90 Å². The number of hydrogen-bond acceptors (Lipinski definition) is 3. The molecule has 1 N–H and O–H groups in total. The summed E-state index contributed by atoms with van der Waals surface area (Å²) in [4.78, 5) is 14.7. The molecule has 2 bridgehead atoms. The number of nitrogens with zero attached hydrogens (tertiary/aromatic N) is 1. The van der Waals surface area contributed by atoms with Crippen LogP contribution in [-0.4, -0.2) is 34.4 Å². The quantitative estimate of drug-likeness (QED) is 0.748. The Balaban J connectivity index is 1.34. The van der Waals surface area contributed by atoms with Gasteiger partial charge >= 0.3 is 0 Å². The van der Waals surface area contributed by atoms with E-state index < -0.39 is 5.60 Å². The fourth-order valence-corrected chi connectivity index (χ4v) is 4.88. The van der Waals surface area contributed by atoms with Gasteiger partial charge < -0.3 is 5.11 Å². The SMILES string of the molecule is O=C(CCCN1C2CCC1CC(O)(c1ccc(F)cc1)C2)c1ccc(F)cc1. The average Bonchev–Trinajstić information content (AvgIpc) is 2.93. The molecule has 4 rings (SSSR count). The number of hydrogen-bond donors (Lipinski definition) is 1. The molecule has 0 saturated carbocycles. The Kier molecular flexibility index (Phi) is 5.30. The first-order valence-corrected chi connectivity index (χ1v) is 9.97. The van der Waals surface area contributed by atoms with Crippen molar-refractivity contribution in [2.75, 3.05) is 6.54 Å². The van der Waals surface area contributed by atoms with Gasteiger partial charge in [0.25, 0.3) is 0 Å². The maximum Gasteiger partial charge on any atom is 0.162 e. The second-order valence-corrected chi connectivity index (χ2v) is 8.10. The molecule has 2 fully saturated rings. The molecule has 0 aromatic heterocycles. The molecular formula is C23H25F2NO2. The molecule has 2 saturated heterocycles. The van der Waals surface area contributed by atoms with Crippen molar-refractivity contribution in [1.29, 1.82) is 0 Å². The first kappa shape index (κ1) is 19.2. The number of carbonyl (C=O) groups excluding carboxylic acids is 1. The lowest BCUT2D eigenvalue weighted by Gasteiger charge is -2.44. The van der Waals surface area contributed by atoms with Crippen molar-refractivity contribution in [2.24, 2.45) is 0 Å². The molecule has 5 heteroatoms. The van der Waals surface area contributed by atoms with E-state index >= 15 is 0 Å². The van der Waals surface area contributed by atoms with E-state index in [0.717, 1.165) is 31.4 Å². The number of fused-ring (bicyclic) bond motifs is 2. The number of halogens is 2. The smallest absolute Gasteiger partial charge is 0.162 e. The first-order chi connectivity index (χ1) is 13.4. The topological polar surface area (TPSA) is 40.5 Å². The summed E-state index contributed by atoms with van der Waals surface area (Å²) in [6.45, 7) is 0.821. The Labute approximate surface area is 164 Å². The number of Topliss-reactive ketones (excluding diaryl/α,β-unsaturated/α-hetero) is 1. The van der Waals surface area contributed by atoms with Crippen LogP contribution >= 0.6 is 0 Å². The fraction of sp³-hybridized carbons (Fsp3) is 0.435. The molecule has 0 radical (unpaired) electrons. The van der Waals surface area contributed by atoms with Crippen molar-refractivity contribution in [3.8, 4) is 0 Å². The van der Waals surface area contributed by atoms with Crippen molar-refractivity contribution in [1.82, 2.24) is 4.90 Å². The molecule has 0 spiro atoms. The van der Waals surface area contributed by atoms with E-state index in [1.165, 1.54) is 36.4 Å². The zero-order chi connectivity index (χ0) is 19.7. The summed E-state index contributed by atoms with van der Waals surface area (Å²) in [5.41, 5.74) is 0.436. The van der Waals surface area contributed by atoms with Crippen LogP contribution in [-0.2, 0) is 5.60 Å². The van der Waals surface area contributed by atoms with Crippen molar-refractivity contribution >= 4 is 5.78 Å². The summed E-state index contributed by atoms with van der Waals surface area (Å²) in [7, 11) is 0. The van der Waals surface area contributed by atoms with Gasteiger partial charge in [-0.3, -0.25) is 9.69 Å². The third kappa shape index (κ3) is 3.87. The predicted octanol–water partition coefficient (Wildman–Crippen LogP) is 4.44. The average molecular weight is 385 g/mol. The van der Waals surface area contributed by atoms with Crippen LogP contribution in [0, 0.1) is 11.6 Å². The zero-order valence-corrected chi connectivity index (χ0v) is 15.8. The molecule has 2 atom stereocenters. The van der Waals surface area contributed by atoms with Gasteiger partial charge in [0, 0.05) is 24.1 Å². The van der Waals surface area contributed by atoms with Crippen LogP contribution < -0.4 is 0 Å². The number of piperidine rings is 1. The molecule has 28 heavy (non-hydrogen) atoms. The highest BCUT2D eigenvalue weighted by atomic mass is 19.1. The highest BCUT2D eigenvalue weighted by molar-refractivity contribution is 5.95. The van der Waals surface area contributed by atoms with Gasteiger partial charge in [0.15, 0.2) is 5.78 Å². The van der Waals surface area contributed by atoms with E-state index in [1.54, 1.807) is 12.1 Å². The summed E-state index contributed by atoms with van der Waals surface area (Å²) < 4.78 is 26.2. The number of aliphatic hydroxyl groups is 1. The van der Waals surface area contributed by atoms with E-state index in [9.17, 15) is 18.7 Å². The van der Waals surface area contributed by atoms with Crippen LogP contribution in [0.1, 0.15) is 54.4 Å². The maximum absolute atomic E-state index is 13.2. The number of benzene rings is 2. The van der Waals surface area contributed by atoms with Crippen molar-refractivity contribution in [3.05, 3.63) is 71.3 Å². The normalized spacial score (nSPS) is 27.1. The van der Waals surface area contributed by atoms with Gasteiger partial charge in [-0.2, -0.15) is 0 Å². The second-order valence-electron chi connectivity index (χ2n) is 8.10. The minimum absolute atomic E-state index is 0.0344. The van der Waals surface area contributed by atoms with Crippen LogP contribution in [0.3, 0.4) is 0 Å². The monoisotopic (exact) mass is 385 g/mol. The van der Waals surface area contributed by atoms with Crippen LogP contribution in [0.25, 0.3) is 0 Å². The standard InChI is InChI=1S/C23H25F2NO2/c24-18-7-3-16(4-8-18)22(27)2-1-13-26-20-11-12-21(26)15-23(28,14-20)17-5-9-19(25)10-6-17/h3-10,20-21,28H,1-2,11-15H2. The molecule has 2 aromatic rings. The van der Waals surface area contributed by atoms with Gasteiger partial charge in [-0.1, -0.05) is 12.1 Å². The lowest BCUT2D eigenvalue weighted by Crippen LogP contribution is -2.49. The molecular weight excluding hydrogens is 360 g/mol. The summed E-state index contributed by atoms with van der Waals surface area (Å²) in [5, 5.41) is 11.2. The summed E-state index contributed by atoms with van der Waals surface area (Å²) in [6.07, 6.45) is 4.55.